The van der Waals surface area contributed by atoms with E-state index in [1.165, 1.54) is 13.8 Å². The Labute approximate surface area is 147 Å². The third-order valence-corrected chi connectivity index (χ3v) is 3.62. The Balaban J connectivity index is -0.000000503. The van der Waals surface area contributed by atoms with E-state index < -0.39 is 35.3 Å². The minimum absolute atomic E-state index is 0.186. The smallest absolute Gasteiger partial charge is 0.337 e. The summed E-state index contributed by atoms with van der Waals surface area (Å²) >= 11 is 0. The van der Waals surface area contributed by atoms with E-state index in [9.17, 15) is 19.5 Å². The van der Waals surface area contributed by atoms with Crippen molar-refractivity contribution in [1.29, 1.82) is 0 Å². The molecule has 6 N–H and O–H groups in total. The molecule has 0 amide bonds. The summed E-state index contributed by atoms with van der Waals surface area (Å²) in [7, 11) is 0. The summed E-state index contributed by atoms with van der Waals surface area (Å²) in [5.41, 5.74) is -4.84. The van der Waals surface area contributed by atoms with E-state index in [0.29, 0.717) is 13.2 Å². The molecule has 9 heteroatoms. The van der Waals surface area contributed by atoms with Crippen molar-refractivity contribution in [3.05, 3.63) is 0 Å². The van der Waals surface area contributed by atoms with Gasteiger partial charge in [0.05, 0.1) is 6.42 Å². The number of aliphatic carboxylic acids is 3. The zero-order valence-corrected chi connectivity index (χ0v) is 15.4. The predicted octanol–water partition coefficient (Wildman–Crippen LogP) is 0.945. The highest BCUT2D eigenvalue weighted by atomic mass is 16.4. The first-order chi connectivity index (χ1) is 11.5. The van der Waals surface area contributed by atoms with Crippen LogP contribution in [0.3, 0.4) is 0 Å². The Morgan fingerprint density at radius 3 is 1.20 bits per heavy atom. The van der Waals surface area contributed by atoms with Crippen LogP contribution in [-0.4, -0.2) is 67.4 Å². The van der Waals surface area contributed by atoms with Crippen LogP contribution in [0.5, 0.6) is 0 Å². The quantitative estimate of drug-likeness (QED) is 0.346. The largest absolute Gasteiger partial charge is 0.481 e. The molecule has 0 aliphatic heterocycles. The van der Waals surface area contributed by atoms with Gasteiger partial charge in [0.1, 0.15) is 5.41 Å². The molecule has 0 heterocycles. The molecule has 9 nitrogen and oxygen atoms in total. The van der Waals surface area contributed by atoms with Gasteiger partial charge in [-0.3, -0.25) is 9.59 Å². The van der Waals surface area contributed by atoms with Crippen molar-refractivity contribution >= 4 is 17.9 Å². The van der Waals surface area contributed by atoms with Gasteiger partial charge in [-0.15, -0.1) is 0 Å². The van der Waals surface area contributed by atoms with E-state index in [1.54, 1.807) is 0 Å². The molecular formula is C16H32O9. The lowest BCUT2D eigenvalue weighted by Crippen LogP contribution is -2.58. The molecule has 0 aromatic carbocycles. The Morgan fingerprint density at radius 1 is 0.760 bits per heavy atom. The summed E-state index contributed by atoms with van der Waals surface area (Å²) in [6.07, 6.45) is 0.222. The maximum Gasteiger partial charge on any atom is 0.337 e. The third kappa shape index (κ3) is 8.80. The van der Waals surface area contributed by atoms with Crippen LogP contribution in [0.25, 0.3) is 0 Å². The molecule has 0 aromatic heterocycles. The number of hydrogen-bond acceptors (Lipinski definition) is 6. The molecule has 1 unspecified atom stereocenters. The fourth-order valence-corrected chi connectivity index (χ4v) is 1.98. The second-order valence-corrected chi connectivity index (χ2v) is 5.28. The molecule has 0 aliphatic rings. The van der Waals surface area contributed by atoms with Crippen molar-refractivity contribution in [2.45, 2.75) is 65.4 Å². The molecule has 1 atom stereocenters. The zero-order chi connectivity index (χ0) is 20.7. The molecule has 0 saturated carbocycles. The molecule has 0 saturated heterocycles. The maximum absolute atomic E-state index is 11.2. The number of hydrogen-bond donors (Lipinski definition) is 6. The molecule has 0 bridgehead atoms. The minimum Gasteiger partial charge on any atom is -0.481 e. The lowest BCUT2D eigenvalue weighted by Gasteiger charge is -2.39. The van der Waals surface area contributed by atoms with E-state index >= 15 is 0 Å². The lowest BCUT2D eigenvalue weighted by atomic mass is 9.66. The number of aliphatic hydroxyl groups is 3. The summed E-state index contributed by atoms with van der Waals surface area (Å²) in [5.74, 6) is -4.93. The zero-order valence-electron chi connectivity index (χ0n) is 15.4. The fourth-order valence-electron chi connectivity index (χ4n) is 1.98. The average Bonchev–Trinajstić information content (AvgIpc) is 2.55. The van der Waals surface area contributed by atoms with Crippen molar-refractivity contribution in [3.63, 3.8) is 0 Å². The molecule has 0 fully saturated rings. The van der Waals surface area contributed by atoms with Gasteiger partial charge in [-0.25, -0.2) is 4.79 Å². The molecule has 0 aliphatic carbocycles. The molecule has 25 heavy (non-hydrogen) atoms. The van der Waals surface area contributed by atoms with E-state index in [2.05, 4.69) is 0 Å². The SMILES string of the molecule is CCC(CC)(C(=O)O)C(O)(CC(=O)O)C(=O)O.CCCO.CCCO. The number of carbonyl (C=O) groups is 3. The Hall–Kier alpha value is -1.71. The first kappa shape index (κ1) is 28.1. The van der Waals surface area contributed by atoms with Gasteiger partial charge in [-0.05, 0) is 25.7 Å². The van der Waals surface area contributed by atoms with Crippen LogP contribution >= 0.6 is 0 Å². The highest BCUT2D eigenvalue weighted by molar-refractivity contribution is 5.92. The van der Waals surface area contributed by atoms with Gasteiger partial charge in [0, 0.05) is 13.2 Å². The molecule has 150 valence electrons. The van der Waals surface area contributed by atoms with E-state index in [1.807, 2.05) is 13.8 Å². The first-order valence-corrected chi connectivity index (χ1v) is 8.13. The van der Waals surface area contributed by atoms with E-state index in [-0.39, 0.29) is 12.8 Å². The number of rotatable bonds is 9. The Morgan fingerprint density at radius 2 is 1.08 bits per heavy atom. The van der Waals surface area contributed by atoms with Crippen molar-refractivity contribution in [3.8, 4) is 0 Å². The topological polar surface area (TPSA) is 173 Å². The van der Waals surface area contributed by atoms with Gasteiger partial charge in [0.2, 0.25) is 0 Å². The average molecular weight is 368 g/mol. The highest BCUT2D eigenvalue weighted by Gasteiger charge is 2.60. The van der Waals surface area contributed by atoms with Crippen LogP contribution < -0.4 is 0 Å². The van der Waals surface area contributed by atoms with Crippen LogP contribution in [0.1, 0.15) is 59.8 Å². The normalized spacial score (nSPS) is 12.6. The van der Waals surface area contributed by atoms with Gasteiger partial charge in [0.15, 0.2) is 5.60 Å². The molecular weight excluding hydrogens is 336 g/mol. The number of carboxylic acid groups (broad SMARTS) is 3. The van der Waals surface area contributed by atoms with E-state index in [0.717, 1.165) is 12.8 Å². The van der Waals surface area contributed by atoms with E-state index in [4.69, 9.17) is 25.5 Å². The predicted molar refractivity (Wildman–Crippen MR) is 90.2 cm³/mol. The second kappa shape index (κ2) is 14.6. The fraction of sp³-hybridized carbons (Fsp3) is 0.812. The first-order valence-electron chi connectivity index (χ1n) is 8.13. The summed E-state index contributed by atoms with van der Waals surface area (Å²) < 4.78 is 0. The van der Waals surface area contributed by atoms with Gasteiger partial charge in [0.25, 0.3) is 0 Å². The molecule has 0 rings (SSSR count). The standard InChI is InChI=1S/C10H16O7.2C3H8O/c1-3-9(4-2,7(13)14)10(17,8(15)16)5-6(11)12;2*1-2-3-4/h17H,3-5H2,1-2H3,(H,11,12)(H,13,14)(H,15,16);2*4H,2-3H2,1H3. The van der Waals surface area contributed by atoms with Crippen molar-refractivity contribution in [1.82, 2.24) is 0 Å². The minimum atomic E-state index is -2.83. The van der Waals surface area contributed by atoms with Gasteiger partial charge in [-0.1, -0.05) is 27.7 Å². The Kier molecular flexibility index (Phi) is 16.4. The molecule has 0 aromatic rings. The Bertz CT molecular complexity index is 383. The highest BCUT2D eigenvalue weighted by Crippen LogP contribution is 2.41. The second-order valence-electron chi connectivity index (χ2n) is 5.28. The van der Waals surface area contributed by atoms with Gasteiger partial charge in [-0.2, -0.15) is 0 Å². The number of aliphatic hydroxyl groups excluding tert-OH is 2. The van der Waals surface area contributed by atoms with Crippen LogP contribution in [-0.2, 0) is 14.4 Å². The molecule has 0 radical (unpaired) electrons. The van der Waals surface area contributed by atoms with Crippen LogP contribution in [0.15, 0.2) is 0 Å². The summed E-state index contributed by atoms with van der Waals surface area (Å²) in [4.78, 5) is 32.9. The van der Waals surface area contributed by atoms with Crippen molar-refractivity contribution in [2.24, 2.45) is 5.41 Å². The van der Waals surface area contributed by atoms with Gasteiger partial charge >= 0.3 is 17.9 Å². The summed E-state index contributed by atoms with van der Waals surface area (Å²) in [6, 6.07) is 0. The van der Waals surface area contributed by atoms with Crippen molar-refractivity contribution in [2.75, 3.05) is 13.2 Å². The van der Waals surface area contributed by atoms with Crippen LogP contribution in [0, 0.1) is 5.41 Å². The molecule has 0 spiro atoms. The lowest BCUT2D eigenvalue weighted by molar-refractivity contribution is -0.194. The van der Waals surface area contributed by atoms with Crippen LogP contribution in [0.4, 0.5) is 0 Å². The van der Waals surface area contributed by atoms with Crippen LogP contribution in [0.2, 0.25) is 0 Å². The van der Waals surface area contributed by atoms with Gasteiger partial charge < -0.3 is 30.6 Å². The summed E-state index contributed by atoms with van der Waals surface area (Å²) in [6.45, 7) is 7.29. The third-order valence-electron chi connectivity index (χ3n) is 3.62. The number of carboxylic acids is 3. The monoisotopic (exact) mass is 368 g/mol. The maximum atomic E-state index is 11.2. The summed E-state index contributed by atoms with van der Waals surface area (Å²) in [5, 5.41) is 52.4. The van der Waals surface area contributed by atoms with Crippen molar-refractivity contribution < 1.29 is 45.0 Å².